The number of rotatable bonds is 2. The second-order valence-electron chi connectivity index (χ2n) is 2.58. The van der Waals surface area contributed by atoms with Crippen molar-refractivity contribution in [3.8, 4) is 0 Å². The molecule has 0 radical (unpaired) electrons. The summed E-state index contributed by atoms with van der Waals surface area (Å²) in [5, 5.41) is 0. The lowest BCUT2D eigenvalue weighted by atomic mass is 10.3. The number of carbonyl (C=O) groups excluding carboxylic acids is 1. The molecule has 1 rings (SSSR count). The Morgan fingerprint density at radius 2 is 2.25 bits per heavy atom. The molecule has 0 bridgehead atoms. The monoisotopic (exact) mass is 228 g/mol. The Morgan fingerprint density at radius 1 is 1.58 bits per heavy atom. The van der Waals surface area contributed by atoms with Gasteiger partial charge in [-0.2, -0.15) is 0 Å². The van der Waals surface area contributed by atoms with Crippen LogP contribution >= 0.6 is 15.9 Å². The van der Waals surface area contributed by atoms with E-state index in [-0.39, 0.29) is 0 Å². The van der Waals surface area contributed by atoms with Gasteiger partial charge in [0.05, 0.1) is 5.56 Å². The maximum Gasteiger partial charge on any atom is 0.153 e. The highest BCUT2D eigenvalue weighted by molar-refractivity contribution is 9.10. The van der Waals surface area contributed by atoms with Crippen LogP contribution in [0, 0.1) is 0 Å². The minimum absolute atomic E-state index is 0.592. The SMILES string of the molecule is CN(C)c1ncc(Br)cc1C=O. The van der Waals surface area contributed by atoms with Gasteiger partial charge in [-0.05, 0) is 22.0 Å². The average molecular weight is 229 g/mol. The van der Waals surface area contributed by atoms with E-state index in [1.54, 1.807) is 17.2 Å². The maximum atomic E-state index is 10.6. The van der Waals surface area contributed by atoms with Gasteiger partial charge in [-0.15, -0.1) is 0 Å². The molecule has 0 saturated heterocycles. The molecule has 0 aliphatic rings. The lowest BCUT2D eigenvalue weighted by molar-refractivity contribution is 0.112. The number of aldehydes is 1. The van der Waals surface area contributed by atoms with Crippen molar-refractivity contribution in [2.45, 2.75) is 0 Å². The van der Waals surface area contributed by atoms with Gasteiger partial charge in [0.1, 0.15) is 5.82 Å². The zero-order chi connectivity index (χ0) is 9.14. The number of hydrogen-bond acceptors (Lipinski definition) is 3. The number of anilines is 1. The summed E-state index contributed by atoms with van der Waals surface area (Å²) < 4.78 is 0.815. The molecule has 0 aliphatic heterocycles. The Morgan fingerprint density at radius 3 is 2.75 bits per heavy atom. The van der Waals surface area contributed by atoms with Crippen LogP contribution in [0.2, 0.25) is 0 Å². The number of hydrogen-bond donors (Lipinski definition) is 0. The van der Waals surface area contributed by atoms with Crippen LogP contribution in [0.4, 0.5) is 5.82 Å². The first kappa shape index (κ1) is 9.19. The lowest BCUT2D eigenvalue weighted by Crippen LogP contribution is -2.12. The molecule has 1 aromatic heterocycles. The molecule has 12 heavy (non-hydrogen) atoms. The summed E-state index contributed by atoms with van der Waals surface area (Å²) in [4.78, 5) is 16.5. The number of aromatic nitrogens is 1. The van der Waals surface area contributed by atoms with Gasteiger partial charge in [0.25, 0.3) is 0 Å². The zero-order valence-corrected chi connectivity index (χ0v) is 8.50. The third-order valence-corrected chi connectivity index (χ3v) is 1.85. The van der Waals surface area contributed by atoms with Crippen molar-refractivity contribution < 1.29 is 4.79 Å². The lowest BCUT2D eigenvalue weighted by Gasteiger charge is -2.12. The summed E-state index contributed by atoms with van der Waals surface area (Å²) in [6.07, 6.45) is 2.47. The molecule has 1 aromatic rings. The fourth-order valence-corrected chi connectivity index (χ4v) is 1.26. The van der Waals surface area contributed by atoms with E-state index in [2.05, 4.69) is 20.9 Å². The number of pyridine rings is 1. The highest BCUT2D eigenvalue weighted by atomic mass is 79.9. The Balaban J connectivity index is 3.20. The molecule has 0 amide bonds. The van der Waals surface area contributed by atoms with E-state index in [9.17, 15) is 4.79 Å². The normalized spacial score (nSPS) is 9.58. The van der Waals surface area contributed by atoms with E-state index in [0.717, 1.165) is 10.8 Å². The molecule has 0 fully saturated rings. The Bertz CT molecular complexity index is 299. The van der Waals surface area contributed by atoms with Gasteiger partial charge >= 0.3 is 0 Å². The first-order valence-corrected chi connectivity index (χ1v) is 4.22. The van der Waals surface area contributed by atoms with Gasteiger partial charge in [0, 0.05) is 24.8 Å². The summed E-state index contributed by atoms with van der Waals surface area (Å²) >= 11 is 3.25. The van der Waals surface area contributed by atoms with Crippen molar-refractivity contribution in [1.29, 1.82) is 0 Å². The number of halogens is 1. The van der Waals surface area contributed by atoms with E-state index in [4.69, 9.17) is 0 Å². The minimum atomic E-state index is 0.592. The van der Waals surface area contributed by atoms with Crippen LogP contribution in [0.25, 0.3) is 0 Å². The van der Waals surface area contributed by atoms with Crippen molar-refractivity contribution in [3.63, 3.8) is 0 Å². The molecule has 0 aliphatic carbocycles. The van der Waals surface area contributed by atoms with Crippen molar-refractivity contribution >= 4 is 28.0 Å². The third-order valence-electron chi connectivity index (χ3n) is 1.41. The topological polar surface area (TPSA) is 33.2 Å². The molecule has 0 aromatic carbocycles. The smallest absolute Gasteiger partial charge is 0.153 e. The first-order valence-electron chi connectivity index (χ1n) is 3.43. The molecule has 3 nitrogen and oxygen atoms in total. The predicted molar refractivity (Wildman–Crippen MR) is 51.7 cm³/mol. The summed E-state index contributed by atoms with van der Waals surface area (Å²) in [6, 6.07) is 1.75. The third kappa shape index (κ3) is 1.82. The predicted octanol–water partition coefficient (Wildman–Crippen LogP) is 1.72. The summed E-state index contributed by atoms with van der Waals surface area (Å²) in [5.41, 5.74) is 0.592. The standard InChI is InChI=1S/C8H9BrN2O/c1-11(2)8-6(5-12)3-7(9)4-10-8/h3-5H,1-2H3. The molecule has 0 N–H and O–H groups in total. The van der Waals surface area contributed by atoms with Crippen LogP contribution in [-0.2, 0) is 0 Å². The van der Waals surface area contributed by atoms with Crippen LogP contribution in [0.5, 0.6) is 0 Å². The van der Waals surface area contributed by atoms with E-state index in [0.29, 0.717) is 11.4 Å². The van der Waals surface area contributed by atoms with E-state index < -0.39 is 0 Å². The fraction of sp³-hybridized carbons (Fsp3) is 0.250. The molecule has 4 heteroatoms. The van der Waals surface area contributed by atoms with Crippen LogP contribution in [0.15, 0.2) is 16.7 Å². The van der Waals surface area contributed by atoms with Crippen molar-refractivity contribution in [2.75, 3.05) is 19.0 Å². The largest absolute Gasteiger partial charge is 0.362 e. The molecule has 0 spiro atoms. The van der Waals surface area contributed by atoms with Gasteiger partial charge in [-0.1, -0.05) is 0 Å². The van der Waals surface area contributed by atoms with Gasteiger partial charge in [0.2, 0.25) is 0 Å². The summed E-state index contributed by atoms with van der Waals surface area (Å²) in [6.45, 7) is 0. The van der Waals surface area contributed by atoms with Crippen molar-refractivity contribution in [3.05, 3.63) is 22.3 Å². The molecule has 0 atom stereocenters. The van der Waals surface area contributed by atoms with Crippen LogP contribution in [0.3, 0.4) is 0 Å². The van der Waals surface area contributed by atoms with E-state index in [1.807, 2.05) is 14.1 Å². The zero-order valence-electron chi connectivity index (χ0n) is 6.91. The summed E-state index contributed by atoms with van der Waals surface area (Å²) in [5.74, 6) is 0.688. The quantitative estimate of drug-likeness (QED) is 0.724. The molecule has 0 unspecified atom stereocenters. The Kier molecular flexibility index (Phi) is 2.81. The Labute approximate surface area is 79.5 Å². The molecule has 1 heterocycles. The van der Waals surface area contributed by atoms with Gasteiger partial charge in [0.15, 0.2) is 6.29 Å². The van der Waals surface area contributed by atoms with Gasteiger partial charge in [-0.3, -0.25) is 4.79 Å². The molecule has 64 valence electrons. The van der Waals surface area contributed by atoms with Crippen LogP contribution < -0.4 is 4.90 Å². The van der Waals surface area contributed by atoms with E-state index >= 15 is 0 Å². The molecular weight excluding hydrogens is 220 g/mol. The highest BCUT2D eigenvalue weighted by Crippen LogP contribution is 2.17. The second kappa shape index (κ2) is 3.67. The number of carbonyl (C=O) groups is 1. The fourth-order valence-electron chi connectivity index (χ4n) is 0.908. The summed E-state index contributed by atoms with van der Waals surface area (Å²) in [7, 11) is 3.70. The first-order chi connectivity index (χ1) is 5.65. The highest BCUT2D eigenvalue weighted by Gasteiger charge is 2.04. The van der Waals surface area contributed by atoms with Crippen LogP contribution in [0.1, 0.15) is 10.4 Å². The maximum absolute atomic E-state index is 10.6. The second-order valence-corrected chi connectivity index (χ2v) is 3.49. The van der Waals surface area contributed by atoms with E-state index in [1.165, 1.54) is 0 Å². The molecule has 0 saturated carbocycles. The number of nitrogens with zero attached hydrogens (tertiary/aromatic N) is 2. The minimum Gasteiger partial charge on any atom is -0.362 e. The van der Waals surface area contributed by atoms with Gasteiger partial charge < -0.3 is 4.90 Å². The van der Waals surface area contributed by atoms with Crippen LogP contribution in [-0.4, -0.2) is 25.4 Å². The Hall–Kier alpha value is -0.900. The van der Waals surface area contributed by atoms with Crippen molar-refractivity contribution in [1.82, 2.24) is 4.98 Å². The average Bonchev–Trinajstić information content (AvgIpc) is 2.03. The van der Waals surface area contributed by atoms with Gasteiger partial charge in [-0.25, -0.2) is 4.98 Å². The van der Waals surface area contributed by atoms with Crippen molar-refractivity contribution in [2.24, 2.45) is 0 Å². The molecular formula is C8H9BrN2O.